The van der Waals surface area contributed by atoms with Crippen LogP contribution >= 0.6 is 11.6 Å². The molecule has 1 aromatic rings. The lowest BCUT2D eigenvalue weighted by atomic mass is 9.96. The van der Waals surface area contributed by atoms with Gasteiger partial charge in [0.15, 0.2) is 0 Å². The lowest BCUT2D eigenvalue weighted by molar-refractivity contribution is -0.147. The van der Waals surface area contributed by atoms with Gasteiger partial charge in [-0.3, -0.25) is 4.79 Å². The van der Waals surface area contributed by atoms with Crippen molar-refractivity contribution in [2.24, 2.45) is 0 Å². The van der Waals surface area contributed by atoms with E-state index >= 15 is 0 Å². The lowest BCUT2D eigenvalue weighted by Crippen LogP contribution is -2.54. The molecule has 17 heavy (non-hydrogen) atoms. The Morgan fingerprint density at radius 1 is 1.35 bits per heavy atom. The van der Waals surface area contributed by atoms with E-state index in [2.05, 4.69) is 5.32 Å². The highest BCUT2D eigenvalue weighted by atomic mass is 35.5. The molecule has 1 amide bonds. The maximum absolute atomic E-state index is 11.4. The normalized spacial score (nSPS) is 22.0. The summed E-state index contributed by atoms with van der Waals surface area (Å²) >= 11 is 5.87. The van der Waals surface area contributed by atoms with Crippen LogP contribution in [0.2, 0.25) is 5.02 Å². The van der Waals surface area contributed by atoms with Gasteiger partial charge in [-0.15, -0.1) is 0 Å². The molecule has 1 aliphatic carbocycles. The van der Waals surface area contributed by atoms with E-state index in [0.29, 0.717) is 11.4 Å². The van der Waals surface area contributed by atoms with E-state index in [-0.39, 0.29) is 12.3 Å². The predicted octanol–water partition coefficient (Wildman–Crippen LogP) is 1.40. The molecule has 0 fully saturated rings. The van der Waals surface area contributed by atoms with Crippen molar-refractivity contribution in [1.82, 2.24) is 5.32 Å². The van der Waals surface area contributed by atoms with E-state index < -0.39 is 11.5 Å². The Morgan fingerprint density at radius 3 is 2.59 bits per heavy atom. The van der Waals surface area contributed by atoms with Crippen LogP contribution in [0.1, 0.15) is 18.1 Å². The van der Waals surface area contributed by atoms with Gasteiger partial charge in [0.2, 0.25) is 5.91 Å². The fourth-order valence-corrected chi connectivity index (χ4v) is 2.47. The molecule has 1 aromatic carbocycles. The number of hydrogen-bond donors (Lipinski definition) is 2. The van der Waals surface area contributed by atoms with Crippen molar-refractivity contribution in [3.05, 3.63) is 34.3 Å². The molecule has 2 N–H and O–H groups in total. The summed E-state index contributed by atoms with van der Waals surface area (Å²) in [5, 5.41) is 12.4. The minimum absolute atomic E-state index is 0.276. The van der Waals surface area contributed by atoms with Gasteiger partial charge in [0.1, 0.15) is 5.54 Å². The first-order chi connectivity index (χ1) is 7.93. The molecule has 0 saturated heterocycles. The molecule has 1 aliphatic rings. The third-order valence-electron chi connectivity index (χ3n) is 2.98. The summed E-state index contributed by atoms with van der Waals surface area (Å²) in [5.74, 6) is -1.36. The molecule has 2 rings (SSSR count). The molecule has 1 unspecified atom stereocenters. The van der Waals surface area contributed by atoms with Crippen molar-refractivity contribution < 1.29 is 14.7 Å². The number of rotatable bonds is 2. The monoisotopic (exact) mass is 253 g/mol. The van der Waals surface area contributed by atoms with Crippen LogP contribution < -0.4 is 5.32 Å². The van der Waals surface area contributed by atoms with Crippen LogP contribution in [0.15, 0.2) is 18.2 Å². The molecule has 0 radical (unpaired) electrons. The van der Waals surface area contributed by atoms with Gasteiger partial charge in [-0.25, -0.2) is 4.79 Å². The Bertz CT molecular complexity index is 501. The number of carboxylic acids is 1. The zero-order valence-corrected chi connectivity index (χ0v) is 10.0. The minimum atomic E-state index is -1.22. The molecule has 1 atom stereocenters. The Balaban J connectivity index is 2.37. The average Bonchev–Trinajstić information content (AvgIpc) is 2.55. The minimum Gasteiger partial charge on any atom is -0.479 e. The second kappa shape index (κ2) is 4.04. The van der Waals surface area contributed by atoms with Crippen molar-refractivity contribution in [1.29, 1.82) is 0 Å². The number of aliphatic carboxylic acids is 1. The lowest BCUT2D eigenvalue weighted by Gasteiger charge is -2.24. The van der Waals surface area contributed by atoms with Gasteiger partial charge in [-0.2, -0.15) is 0 Å². The van der Waals surface area contributed by atoms with Gasteiger partial charge < -0.3 is 10.4 Å². The first kappa shape index (κ1) is 11.9. The molecule has 0 heterocycles. The standard InChI is InChI=1S/C12H12ClNO3/c1-7(15)14-12(11(16)17)5-8-2-3-10(13)4-9(8)6-12/h2-4H,5-6H2,1H3,(H,14,15)(H,16,17). The van der Waals surface area contributed by atoms with Gasteiger partial charge >= 0.3 is 5.97 Å². The van der Waals surface area contributed by atoms with Crippen molar-refractivity contribution in [2.75, 3.05) is 0 Å². The Hall–Kier alpha value is -1.55. The van der Waals surface area contributed by atoms with Crippen molar-refractivity contribution in [3.63, 3.8) is 0 Å². The summed E-state index contributed by atoms with van der Waals surface area (Å²) in [7, 11) is 0. The number of carbonyl (C=O) groups is 2. The van der Waals surface area contributed by atoms with Crippen LogP contribution in [-0.2, 0) is 22.4 Å². The predicted molar refractivity (Wildman–Crippen MR) is 63.0 cm³/mol. The van der Waals surface area contributed by atoms with E-state index in [1.807, 2.05) is 6.07 Å². The Morgan fingerprint density at radius 2 is 2.00 bits per heavy atom. The number of halogens is 1. The zero-order chi connectivity index (χ0) is 12.6. The first-order valence-electron chi connectivity index (χ1n) is 5.22. The first-order valence-corrected chi connectivity index (χ1v) is 5.60. The van der Waals surface area contributed by atoms with Crippen molar-refractivity contribution in [2.45, 2.75) is 25.3 Å². The maximum atomic E-state index is 11.4. The smallest absolute Gasteiger partial charge is 0.330 e. The fourth-order valence-electron chi connectivity index (χ4n) is 2.27. The van der Waals surface area contributed by atoms with Crippen LogP contribution in [-0.4, -0.2) is 22.5 Å². The summed E-state index contributed by atoms with van der Waals surface area (Å²) < 4.78 is 0. The number of hydrogen-bond acceptors (Lipinski definition) is 2. The Kier molecular flexibility index (Phi) is 2.83. The molecule has 0 saturated carbocycles. The molecule has 0 aromatic heterocycles. The number of nitrogens with one attached hydrogen (secondary N) is 1. The van der Waals surface area contributed by atoms with Crippen molar-refractivity contribution >= 4 is 23.5 Å². The number of benzene rings is 1. The summed E-state index contributed by atoms with van der Waals surface area (Å²) in [6.07, 6.45) is 0.576. The number of amides is 1. The van der Waals surface area contributed by atoms with Crippen LogP contribution in [0.5, 0.6) is 0 Å². The highest BCUT2D eigenvalue weighted by Gasteiger charge is 2.44. The van der Waals surface area contributed by atoms with Gasteiger partial charge in [0, 0.05) is 24.8 Å². The number of fused-ring (bicyclic) bond motifs is 1. The van der Waals surface area contributed by atoms with Crippen LogP contribution in [0.25, 0.3) is 0 Å². The number of carboxylic acid groups (broad SMARTS) is 1. The van der Waals surface area contributed by atoms with Crippen LogP contribution in [0, 0.1) is 0 Å². The second-order valence-electron chi connectivity index (χ2n) is 4.34. The highest BCUT2D eigenvalue weighted by molar-refractivity contribution is 6.30. The summed E-state index contributed by atoms with van der Waals surface area (Å²) in [5.41, 5.74) is 0.581. The third-order valence-corrected chi connectivity index (χ3v) is 3.21. The van der Waals surface area contributed by atoms with Gasteiger partial charge in [-0.1, -0.05) is 17.7 Å². The molecular formula is C12H12ClNO3. The molecule has 4 nitrogen and oxygen atoms in total. The summed E-state index contributed by atoms with van der Waals surface area (Å²) in [4.78, 5) is 22.5. The highest BCUT2D eigenvalue weighted by Crippen LogP contribution is 2.32. The van der Waals surface area contributed by atoms with Gasteiger partial charge in [0.05, 0.1) is 0 Å². The molecular weight excluding hydrogens is 242 g/mol. The Labute approximate surface area is 104 Å². The maximum Gasteiger partial charge on any atom is 0.330 e. The van der Waals surface area contributed by atoms with Crippen molar-refractivity contribution in [3.8, 4) is 0 Å². The van der Waals surface area contributed by atoms with Gasteiger partial charge in [-0.05, 0) is 23.3 Å². The topological polar surface area (TPSA) is 66.4 Å². The molecule has 90 valence electrons. The average molecular weight is 254 g/mol. The molecule has 0 aliphatic heterocycles. The fraction of sp³-hybridized carbons (Fsp3) is 0.333. The third kappa shape index (κ3) is 2.13. The quantitative estimate of drug-likeness (QED) is 0.837. The molecule has 5 heteroatoms. The number of carbonyl (C=O) groups excluding carboxylic acids is 1. The van der Waals surface area contributed by atoms with Crippen LogP contribution in [0.4, 0.5) is 0 Å². The van der Waals surface area contributed by atoms with E-state index in [9.17, 15) is 14.7 Å². The SMILES string of the molecule is CC(=O)NC1(C(=O)O)Cc2ccc(Cl)cc2C1. The largest absolute Gasteiger partial charge is 0.479 e. The van der Waals surface area contributed by atoms with Gasteiger partial charge in [0.25, 0.3) is 0 Å². The summed E-state index contributed by atoms with van der Waals surface area (Å²) in [6, 6.07) is 5.29. The van der Waals surface area contributed by atoms with E-state index in [1.165, 1.54) is 6.92 Å². The van der Waals surface area contributed by atoms with Crippen LogP contribution in [0.3, 0.4) is 0 Å². The zero-order valence-electron chi connectivity index (χ0n) is 9.29. The summed E-state index contributed by atoms with van der Waals surface area (Å²) in [6.45, 7) is 1.32. The van der Waals surface area contributed by atoms with E-state index in [1.54, 1.807) is 12.1 Å². The van der Waals surface area contributed by atoms with E-state index in [0.717, 1.165) is 11.1 Å². The second-order valence-corrected chi connectivity index (χ2v) is 4.77. The molecule has 0 spiro atoms. The molecule has 0 bridgehead atoms. The van der Waals surface area contributed by atoms with E-state index in [4.69, 9.17) is 11.6 Å².